The Hall–Kier alpha value is -0.923. The summed E-state index contributed by atoms with van der Waals surface area (Å²) in [4.78, 5) is 12.1. The molecule has 0 aliphatic rings. The molecular weight excluding hydrogens is 346 g/mol. The lowest BCUT2D eigenvalue weighted by Gasteiger charge is -2.28. The molecule has 1 amide bonds. The summed E-state index contributed by atoms with van der Waals surface area (Å²) in [5.74, 6) is 0.355. The van der Waals surface area contributed by atoms with Crippen LogP contribution >= 0.6 is 11.6 Å². The molecule has 0 fully saturated rings. The van der Waals surface area contributed by atoms with E-state index in [9.17, 15) is 4.79 Å². The number of hydrogen-bond donors (Lipinski definition) is 1. The molecule has 24 heavy (non-hydrogen) atoms. The van der Waals surface area contributed by atoms with Crippen LogP contribution < -0.4 is 5.32 Å². The molecule has 0 aromatic heterocycles. The summed E-state index contributed by atoms with van der Waals surface area (Å²) in [6, 6.07) is 7.98. The Morgan fingerprint density at radius 3 is 2.04 bits per heavy atom. The average Bonchev–Trinajstić information content (AvgIpc) is 2.59. The first kappa shape index (κ1) is 21.1. The van der Waals surface area contributed by atoms with E-state index in [4.69, 9.17) is 24.9 Å². The molecule has 0 aliphatic carbocycles. The Morgan fingerprint density at radius 2 is 1.58 bits per heavy atom. The molecule has 1 aromatic rings. The van der Waals surface area contributed by atoms with Gasteiger partial charge in [0.25, 0.3) is 5.91 Å². The van der Waals surface area contributed by atoms with E-state index in [2.05, 4.69) is 5.32 Å². The van der Waals surface area contributed by atoms with Crippen LogP contribution in [0.4, 0.5) is 0 Å². The third-order valence-corrected chi connectivity index (χ3v) is 6.87. The van der Waals surface area contributed by atoms with Gasteiger partial charge in [-0.25, -0.2) is 0 Å². The predicted octanol–water partition coefficient (Wildman–Crippen LogP) is 3.59. The van der Waals surface area contributed by atoms with Gasteiger partial charge in [-0.1, -0.05) is 12.1 Å². The van der Waals surface area contributed by atoms with Gasteiger partial charge in [-0.3, -0.25) is 4.79 Å². The van der Waals surface area contributed by atoms with Gasteiger partial charge in [0.2, 0.25) is 0 Å². The van der Waals surface area contributed by atoms with E-state index >= 15 is 0 Å². The number of alkyl halides is 1. The fourth-order valence-corrected chi connectivity index (χ4v) is 5.15. The van der Waals surface area contributed by atoms with Gasteiger partial charge in [0.15, 0.2) is 0 Å². The molecule has 1 aromatic carbocycles. The fourth-order valence-electron chi connectivity index (χ4n) is 2.36. The van der Waals surface area contributed by atoms with Crippen molar-refractivity contribution >= 4 is 26.3 Å². The SMILES string of the molecule is CCO[Si](CCCNC(=O)c1ccc(CCl)cc1)(OCC)OCC. The Bertz CT molecular complexity index is 467. The Morgan fingerprint density at radius 1 is 1.04 bits per heavy atom. The van der Waals surface area contributed by atoms with Crippen molar-refractivity contribution in [1.82, 2.24) is 5.32 Å². The number of benzene rings is 1. The van der Waals surface area contributed by atoms with Crippen molar-refractivity contribution in [2.75, 3.05) is 26.4 Å². The number of carbonyl (C=O) groups excluding carboxylic acids is 1. The summed E-state index contributed by atoms with van der Waals surface area (Å²) < 4.78 is 17.4. The number of amides is 1. The van der Waals surface area contributed by atoms with Gasteiger partial charge < -0.3 is 18.6 Å². The standard InChI is InChI=1S/C17H28ClNO4Si/c1-4-21-24(22-5-2,23-6-3)13-7-12-19-17(20)16-10-8-15(14-18)9-11-16/h8-11H,4-7,12-14H2,1-3H3,(H,19,20). The lowest BCUT2D eigenvalue weighted by atomic mass is 10.1. The fraction of sp³-hybridized carbons (Fsp3) is 0.588. The van der Waals surface area contributed by atoms with Gasteiger partial charge in [-0.15, -0.1) is 11.6 Å². The summed E-state index contributed by atoms with van der Waals surface area (Å²) >= 11 is 5.75. The zero-order valence-corrected chi connectivity index (χ0v) is 16.5. The third-order valence-electron chi connectivity index (χ3n) is 3.41. The molecule has 1 rings (SSSR count). The lowest BCUT2D eigenvalue weighted by molar-refractivity contribution is 0.0705. The maximum atomic E-state index is 12.1. The van der Waals surface area contributed by atoms with Crippen molar-refractivity contribution in [1.29, 1.82) is 0 Å². The number of rotatable bonds is 12. The van der Waals surface area contributed by atoms with Crippen molar-refractivity contribution in [3.8, 4) is 0 Å². The molecule has 7 heteroatoms. The second-order valence-electron chi connectivity index (χ2n) is 5.17. The summed E-state index contributed by atoms with van der Waals surface area (Å²) in [5, 5.41) is 2.92. The minimum atomic E-state index is -2.63. The molecule has 0 spiro atoms. The first-order valence-corrected chi connectivity index (χ1v) is 10.9. The molecule has 0 saturated carbocycles. The molecule has 0 heterocycles. The monoisotopic (exact) mass is 373 g/mol. The van der Waals surface area contributed by atoms with Crippen molar-refractivity contribution in [3.63, 3.8) is 0 Å². The van der Waals surface area contributed by atoms with Gasteiger partial charge in [-0.05, 0) is 44.9 Å². The third kappa shape index (κ3) is 6.90. The van der Waals surface area contributed by atoms with Gasteiger partial charge in [0.1, 0.15) is 0 Å². The summed E-state index contributed by atoms with van der Waals surface area (Å²) in [5.41, 5.74) is 1.63. The highest BCUT2D eigenvalue weighted by Crippen LogP contribution is 2.18. The Labute approximate surface area is 151 Å². The number of carbonyl (C=O) groups is 1. The molecule has 0 radical (unpaired) electrons. The smallest absolute Gasteiger partial charge is 0.374 e. The van der Waals surface area contributed by atoms with Crippen molar-refractivity contribution < 1.29 is 18.1 Å². The Balaban J connectivity index is 2.47. The topological polar surface area (TPSA) is 56.8 Å². The van der Waals surface area contributed by atoms with E-state index in [1.165, 1.54) is 0 Å². The highest BCUT2D eigenvalue weighted by atomic mass is 35.5. The second-order valence-corrected chi connectivity index (χ2v) is 8.17. The molecular formula is C17H28ClNO4Si. The molecule has 0 aliphatic heterocycles. The highest BCUT2D eigenvalue weighted by Gasteiger charge is 2.39. The van der Waals surface area contributed by atoms with Gasteiger partial charge in [0, 0.05) is 43.9 Å². The summed E-state index contributed by atoms with van der Waals surface area (Å²) in [6.45, 7) is 8.05. The van der Waals surface area contributed by atoms with Gasteiger partial charge in [-0.2, -0.15) is 0 Å². The molecule has 136 valence electrons. The first-order chi connectivity index (χ1) is 11.6. The molecule has 0 unspecified atom stereocenters. The highest BCUT2D eigenvalue weighted by molar-refractivity contribution is 6.60. The van der Waals surface area contributed by atoms with Crippen molar-refractivity contribution in [2.24, 2.45) is 0 Å². The van der Waals surface area contributed by atoms with Gasteiger partial charge in [0.05, 0.1) is 0 Å². The zero-order chi connectivity index (χ0) is 17.8. The molecule has 0 bridgehead atoms. The normalized spacial score (nSPS) is 11.5. The minimum absolute atomic E-state index is 0.0902. The van der Waals surface area contributed by atoms with Crippen LogP contribution in [0.15, 0.2) is 24.3 Å². The van der Waals surface area contributed by atoms with E-state index in [1.807, 2.05) is 32.9 Å². The Kier molecular flexibility index (Phi) is 10.2. The quantitative estimate of drug-likeness (QED) is 0.345. The zero-order valence-electron chi connectivity index (χ0n) is 14.8. The predicted molar refractivity (Wildman–Crippen MR) is 98.4 cm³/mol. The van der Waals surface area contributed by atoms with Crippen LogP contribution in [0.25, 0.3) is 0 Å². The minimum Gasteiger partial charge on any atom is -0.374 e. The van der Waals surface area contributed by atoms with E-state index < -0.39 is 8.80 Å². The molecule has 0 atom stereocenters. The van der Waals surface area contributed by atoms with Crippen LogP contribution in [0.2, 0.25) is 6.04 Å². The molecule has 5 nitrogen and oxygen atoms in total. The van der Waals surface area contributed by atoms with E-state index in [0.717, 1.165) is 12.0 Å². The molecule has 1 N–H and O–H groups in total. The van der Waals surface area contributed by atoms with Crippen molar-refractivity contribution in [3.05, 3.63) is 35.4 Å². The van der Waals surface area contributed by atoms with E-state index in [1.54, 1.807) is 12.1 Å². The number of nitrogens with one attached hydrogen (secondary N) is 1. The van der Waals surface area contributed by atoms with E-state index in [0.29, 0.717) is 43.9 Å². The van der Waals surface area contributed by atoms with Crippen LogP contribution in [0.5, 0.6) is 0 Å². The van der Waals surface area contributed by atoms with Crippen LogP contribution in [-0.4, -0.2) is 41.1 Å². The first-order valence-electron chi connectivity index (χ1n) is 8.45. The lowest BCUT2D eigenvalue weighted by Crippen LogP contribution is -2.46. The maximum Gasteiger partial charge on any atom is 0.500 e. The molecule has 0 saturated heterocycles. The van der Waals surface area contributed by atoms with Crippen LogP contribution in [0, 0.1) is 0 Å². The van der Waals surface area contributed by atoms with Gasteiger partial charge >= 0.3 is 8.80 Å². The largest absolute Gasteiger partial charge is 0.500 e. The van der Waals surface area contributed by atoms with Crippen LogP contribution in [0.3, 0.4) is 0 Å². The van der Waals surface area contributed by atoms with Crippen LogP contribution in [0.1, 0.15) is 43.1 Å². The van der Waals surface area contributed by atoms with Crippen molar-refractivity contribution in [2.45, 2.75) is 39.1 Å². The van der Waals surface area contributed by atoms with Crippen LogP contribution in [-0.2, 0) is 19.2 Å². The van der Waals surface area contributed by atoms with E-state index in [-0.39, 0.29) is 5.91 Å². The summed E-state index contributed by atoms with van der Waals surface area (Å²) in [6.07, 6.45) is 0.748. The average molecular weight is 374 g/mol. The second kappa shape index (κ2) is 11.6. The summed E-state index contributed by atoms with van der Waals surface area (Å²) in [7, 11) is -2.63. The maximum absolute atomic E-state index is 12.1. The number of hydrogen-bond acceptors (Lipinski definition) is 4. The number of halogens is 1.